The Morgan fingerprint density at radius 3 is 2.76 bits per heavy atom. The summed E-state index contributed by atoms with van der Waals surface area (Å²) in [6.07, 6.45) is 7.85. The molecule has 1 amide bonds. The van der Waals surface area contributed by atoms with Crippen LogP contribution in [0.3, 0.4) is 0 Å². The Bertz CT molecular complexity index is 726. The van der Waals surface area contributed by atoms with Gasteiger partial charge in [-0.3, -0.25) is 4.79 Å². The maximum Gasteiger partial charge on any atom is 0.255 e. The number of aromatic nitrogens is 4. The number of amides is 1. The molecular formula is C17H22N6O2. The van der Waals surface area contributed by atoms with Crippen LogP contribution in [-0.4, -0.2) is 67.7 Å². The second-order valence-corrected chi connectivity index (χ2v) is 6.90. The summed E-state index contributed by atoms with van der Waals surface area (Å²) >= 11 is 0. The van der Waals surface area contributed by atoms with Crippen molar-refractivity contribution >= 4 is 11.7 Å². The third-order valence-corrected chi connectivity index (χ3v) is 4.97. The van der Waals surface area contributed by atoms with E-state index in [0.717, 1.165) is 18.9 Å². The Labute approximate surface area is 146 Å². The van der Waals surface area contributed by atoms with Crippen molar-refractivity contribution in [3.05, 3.63) is 36.3 Å². The molecule has 4 rings (SSSR count). The fourth-order valence-corrected chi connectivity index (χ4v) is 3.61. The number of carbonyl (C=O) groups is 1. The first-order chi connectivity index (χ1) is 12.1. The summed E-state index contributed by atoms with van der Waals surface area (Å²) in [6, 6.07) is 3.74. The lowest BCUT2D eigenvalue weighted by molar-refractivity contribution is 0.0266. The summed E-state index contributed by atoms with van der Waals surface area (Å²) in [6.45, 7) is 3.21. The molecule has 2 aromatic rings. The molecule has 1 atom stereocenters. The lowest BCUT2D eigenvalue weighted by atomic mass is 10.0. The third kappa shape index (κ3) is 3.34. The minimum absolute atomic E-state index is 0.0880. The zero-order valence-corrected chi connectivity index (χ0v) is 14.1. The molecule has 1 unspecified atom stereocenters. The summed E-state index contributed by atoms with van der Waals surface area (Å²) in [5, 5.41) is 18.3. The lowest BCUT2D eigenvalue weighted by Gasteiger charge is -2.23. The van der Waals surface area contributed by atoms with Gasteiger partial charge in [0.25, 0.3) is 5.91 Å². The molecule has 8 heteroatoms. The molecule has 2 saturated heterocycles. The second-order valence-electron chi connectivity index (χ2n) is 6.90. The summed E-state index contributed by atoms with van der Waals surface area (Å²) in [4.78, 5) is 21.1. The van der Waals surface area contributed by atoms with Gasteiger partial charge in [-0.05, 0) is 31.4 Å². The molecule has 8 nitrogen and oxygen atoms in total. The van der Waals surface area contributed by atoms with Crippen LogP contribution in [0.2, 0.25) is 0 Å². The van der Waals surface area contributed by atoms with Crippen LogP contribution in [0.5, 0.6) is 0 Å². The molecule has 0 bridgehead atoms. The quantitative estimate of drug-likeness (QED) is 0.873. The standard InChI is InChI=1S/C17H22N6O2/c24-16(14-3-4-15(18-11-14)21-7-1-2-8-21)22-9-5-17(25,12-22)13-23-10-6-19-20-23/h3-4,6,10-11,25H,1-2,5,7-9,12-13H2. The highest BCUT2D eigenvalue weighted by Gasteiger charge is 2.39. The maximum absolute atomic E-state index is 12.7. The Morgan fingerprint density at radius 1 is 1.24 bits per heavy atom. The molecular weight excluding hydrogens is 320 g/mol. The Morgan fingerprint density at radius 2 is 2.08 bits per heavy atom. The van der Waals surface area contributed by atoms with Gasteiger partial charge in [-0.25, -0.2) is 9.67 Å². The highest BCUT2D eigenvalue weighted by Crippen LogP contribution is 2.25. The number of β-amino-alcohol motifs (C(OH)–C–C–N with tert-alkyl or cyclic N) is 1. The zero-order valence-electron chi connectivity index (χ0n) is 14.1. The van der Waals surface area contributed by atoms with Crippen LogP contribution >= 0.6 is 0 Å². The first-order valence-electron chi connectivity index (χ1n) is 8.70. The fraction of sp³-hybridized carbons (Fsp3) is 0.529. The average molecular weight is 342 g/mol. The van der Waals surface area contributed by atoms with Crippen molar-refractivity contribution in [2.45, 2.75) is 31.4 Å². The number of hydrogen-bond acceptors (Lipinski definition) is 6. The topological polar surface area (TPSA) is 87.4 Å². The van der Waals surface area contributed by atoms with Crippen molar-refractivity contribution in [3.8, 4) is 0 Å². The monoisotopic (exact) mass is 342 g/mol. The molecule has 0 aromatic carbocycles. The van der Waals surface area contributed by atoms with Crippen LogP contribution in [0.4, 0.5) is 5.82 Å². The first-order valence-corrected chi connectivity index (χ1v) is 8.70. The van der Waals surface area contributed by atoms with Gasteiger partial charge in [-0.2, -0.15) is 0 Å². The molecule has 1 N–H and O–H groups in total. The van der Waals surface area contributed by atoms with Crippen LogP contribution in [-0.2, 0) is 6.54 Å². The summed E-state index contributed by atoms with van der Waals surface area (Å²) in [5.41, 5.74) is -0.403. The van der Waals surface area contributed by atoms with Gasteiger partial charge in [0.1, 0.15) is 11.4 Å². The first kappa shape index (κ1) is 16.0. The van der Waals surface area contributed by atoms with Gasteiger partial charge in [0, 0.05) is 32.0 Å². The number of carbonyl (C=O) groups excluding carboxylic acids is 1. The molecule has 2 aliphatic heterocycles. The van der Waals surface area contributed by atoms with E-state index in [9.17, 15) is 9.90 Å². The number of nitrogens with zero attached hydrogens (tertiary/aromatic N) is 6. The normalized spacial score (nSPS) is 23.4. The van der Waals surface area contributed by atoms with E-state index in [2.05, 4.69) is 20.2 Å². The number of likely N-dealkylation sites (tertiary alicyclic amines) is 1. The molecule has 0 saturated carbocycles. The van der Waals surface area contributed by atoms with E-state index in [1.54, 1.807) is 28.2 Å². The zero-order chi connectivity index (χ0) is 17.3. The molecule has 0 spiro atoms. The van der Waals surface area contributed by atoms with Crippen molar-refractivity contribution in [1.82, 2.24) is 24.9 Å². The van der Waals surface area contributed by atoms with Crippen LogP contribution in [0.25, 0.3) is 0 Å². The fourth-order valence-electron chi connectivity index (χ4n) is 3.61. The molecule has 2 fully saturated rings. The number of pyridine rings is 1. The molecule has 0 aliphatic carbocycles. The van der Waals surface area contributed by atoms with E-state index in [1.165, 1.54) is 12.8 Å². The summed E-state index contributed by atoms with van der Waals surface area (Å²) in [7, 11) is 0. The van der Waals surface area contributed by atoms with Gasteiger partial charge >= 0.3 is 0 Å². The van der Waals surface area contributed by atoms with Crippen LogP contribution in [0.15, 0.2) is 30.7 Å². The highest BCUT2D eigenvalue weighted by molar-refractivity contribution is 5.94. The van der Waals surface area contributed by atoms with Gasteiger partial charge in [-0.1, -0.05) is 5.21 Å². The van der Waals surface area contributed by atoms with Gasteiger partial charge in [0.2, 0.25) is 0 Å². The number of hydrogen-bond donors (Lipinski definition) is 1. The highest BCUT2D eigenvalue weighted by atomic mass is 16.3. The molecule has 4 heterocycles. The van der Waals surface area contributed by atoms with Gasteiger partial charge in [0.15, 0.2) is 0 Å². The molecule has 0 radical (unpaired) electrons. The predicted molar refractivity (Wildman–Crippen MR) is 91.2 cm³/mol. The largest absolute Gasteiger partial charge is 0.386 e. The van der Waals surface area contributed by atoms with E-state index in [0.29, 0.717) is 31.6 Å². The Balaban J connectivity index is 1.41. The van der Waals surface area contributed by atoms with E-state index >= 15 is 0 Å². The second kappa shape index (κ2) is 6.44. The number of rotatable bonds is 4. The lowest BCUT2D eigenvalue weighted by Crippen LogP contribution is -2.39. The minimum Gasteiger partial charge on any atom is -0.386 e. The maximum atomic E-state index is 12.7. The van der Waals surface area contributed by atoms with Crippen molar-refractivity contribution in [2.24, 2.45) is 0 Å². The van der Waals surface area contributed by atoms with E-state index in [1.807, 2.05) is 12.1 Å². The average Bonchev–Trinajstić information content (AvgIpc) is 3.36. The summed E-state index contributed by atoms with van der Waals surface area (Å²) in [5.74, 6) is 0.841. The van der Waals surface area contributed by atoms with Gasteiger partial charge in [0.05, 0.1) is 24.8 Å². The van der Waals surface area contributed by atoms with E-state index in [-0.39, 0.29) is 5.91 Å². The smallest absolute Gasteiger partial charge is 0.255 e. The van der Waals surface area contributed by atoms with Crippen LogP contribution in [0, 0.1) is 0 Å². The Kier molecular flexibility index (Phi) is 4.12. The van der Waals surface area contributed by atoms with Crippen molar-refractivity contribution in [1.29, 1.82) is 0 Å². The number of anilines is 1. The number of aliphatic hydroxyl groups is 1. The predicted octanol–water partition coefficient (Wildman–Crippen LogP) is 0.550. The van der Waals surface area contributed by atoms with Gasteiger partial charge in [-0.15, -0.1) is 5.10 Å². The van der Waals surface area contributed by atoms with E-state index < -0.39 is 5.60 Å². The summed E-state index contributed by atoms with van der Waals surface area (Å²) < 4.78 is 1.60. The van der Waals surface area contributed by atoms with Gasteiger partial charge < -0.3 is 14.9 Å². The van der Waals surface area contributed by atoms with E-state index in [4.69, 9.17) is 0 Å². The van der Waals surface area contributed by atoms with Crippen molar-refractivity contribution < 1.29 is 9.90 Å². The SMILES string of the molecule is O=C(c1ccc(N2CCCC2)nc1)N1CCC(O)(Cn2ccnn2)C1. The third-order valence-electron chi connectivity index (χ3n) is 4.97. The minimum atomic E-state index is -0.966. The van der Waals surface area contributed by atoms with Crippen LogP contribution in [0.1, 0.15) is 29.6 Å². The molecule has 25 heavy (non-hydrogen) atoms. The molecule has 2 aromatic heterocycles. The molecule has 2 aliphatic rings. The molecule has 132 valence electrons. The van der Waals surface area contributed by atoms with Crippen LogP contribution < -0.4 is 4.90 Å². The Hall–Kier alpha value is -2.48. The van der Waals surface area contributed by atoms with Crippen molar-refractivity contribution in [3.63, 3.8) is 0 Å². The van der Waals surface area contributed by atoms with Crippen molar-refractivity contribution in [2.75, 3.05) is 31.1 Å².